The van der Waals surface area contributed by atoms with Gasteiger partial charge in [0.1, 0.15) is 0 Å². The number of benzene rings is 1. The van der Waals surface area contributed by atoms with Crippen LogP contribution in [0.1, 0.15) is 204 Å². The van der Waals surface area contributed by atoms with Gasteiger partial charge in [0.05, 0.1) is 38.6 Å². The molecule has 0 aliphatic carbocycles. The van der Waals surface area contributed by atoms with E-state index in [9.17, 15) is 19.8 Å². The van der Waals surface area contributed by atoms with Gasteiger partial charge in [-0.05, 0) is 77.1 Å². The highest BCUT2D eigenvalue weighted by Crippen LogP contribution is 2.39. The molecule has 0 fully saturated rings. The Kier molecular flexibility index (Phi) is 32.0. The summed E-state index contributed by atoms with van der Waals surface area (Å²) in [4.78, 5) is 27.9. The molecule has 0 heterocycles. The maximum absolute atomic E-state index is 13.1. The number of nitrogens with zero attached hydrogens (tertiary/aromatic N) is 1. The Morgan fingerprint density at radius 3 is 1.45 bits per heavy atom. The van der Waals surface area contributed by atoms with Crippen LogP contribution in [-0.4, -0.2) is 80.7 Å². The first-order valence-electron chi connectivity index (χ1n) is 22.8. The van der Waals surface area contributed by atoms with Crippen LogP contribution in [0.5, 0.6) is 17.2 Å². The summed E-state index contributed by atoms with van der Waals surface area (Å²) in [6, 6.07) is 3.00. The number of unbranched alkanes of at least 4 members (excludes halogenated alkanes) is 18. The lowest BCUT2D eigenvalue weighted by atomic mass is 9.87. The Bertz CT molecular complexity index is 1050. The number of hydrogen-bond acceptors (Lipinski definition) is 9. The largest absolute Gasteiger partial charge is 0.493 e. The van der Waals surface area contributed by atoms with E-state index in [0.29, 0.717) is 32.1 Å². The Morgan fingerprint density at radius 2 is 1.04 bits per heavy atom. The van der Waals surface area contributed by atoms with Crippen LogP contribution in [0.3, 0.4) is 0 Å². The first kappa shape index (κ1) is 51.7. The Labute approximate surface area is 343 Å². The van der Waals surface area contributed by atoms with E-state index in [4.69, 9.17) is 18.9 Å². The van der Waals surface area contributed by atoms with Crippen molar-refractivity contribution in [3.05, 3.63) is 17.7 Å². The van der Waals surface area contributed by atoms with Crippen LogP contribution in [0, 0.1) is 5.92 Å². The van der Waals surface area contributed by atoms with Crippen LogP contribution in [0.15, 0.2) is 12.1 Å². The number of carbonyl (C=O) groups is 2. The molecule has 9 heteroatoms. The monoisotopic (exact) mass is 792 g/mol. The van der Waals surface area contributed by atoms with Gasteiger partial charge in [-0.2, -0.15) is 0 Å². The summed E-state index contributed by atoms with van der Waals surface area (Å²) < 4.78 is 22.2. The van der Waals surface area contributed by atoms with Gasteiger partial charge in [-0.3, -0.25) is 4.79 Å². The molecule has 56 heavy (non-hydrogen) atoms. The molecule has 9 nitrogen and oxygen atoms in total. The molecule has 1 rings (SSSR count). The van der Waals surface area contributed by atoms with E-state index in [2.05, 4.69) is 13.8 Å². The summed E-state index contributed by atoms with van der Waals surface area (Å²) in [5, 5.41) is 22.1. The zero-order valence-corrected chi connectivity index (χ0v) is 36.9. The molecule has 0 aliphatic heterocycles. The van der Waals surface area contributed by atoms with Crippen molar-refractivity contribution in [1.29, 1.82) is 0 Å². The maximum Gasteiger partial charge on any atom is 0.338 e. The molecule has 0 aliphatic rings. The third-order valence-corrected chi connectivity index (χ3v) is 10.9. The molecule has 326 valence electrons. The van der Waals surface area contributed by atoms with Gasteiger partial charge in [-0.15, -0.1) is 0 Å². The summed E-state index contributed by atoms with van der Waals surface area (Å²) in [6.07, 6.45) is 29.5. The molecule has 0 aromatic heterocycles. The van der Waals surface area contributed by atoms with Crippen LogP contribution in [0.25, 0.3) is 0 Å². The smallest absolute Gasteiger partial charge is 0.338 e. The second-order valence-corrected chi connectivity index (χ2v) is 16.5. The fraction of sp³-hybridized carbons (Fsp3) is 0.830. The van der Waals surface area contributed by atoms with Gasteiger partial charge in [0.25, 0.3) is 0 Å². The number of ether oxygens (including phenoxy) is 4. The molecule has 0 radical (unpaired) electrons. The van der Waals surface area contributed by atoms with E-state index in [-0.39, 0.29) is 41.8 Å². The van der Waals surface area contributed by atoms with E-state index >= 15 is 0 Å². The number of esters is 2. The molecule has 0 saturated carbocycles. The van der Waals surface area contributed by atoms with Gasteiger partial charge in [-0.25, -0.2) is 4.79 Å². The SMILES string of the molecule is CCCCCCCCCCCCC(O)CC(CCCC(=O)Oc1c(OC)cc(C(=O)OCCCN(C)C)cc1OC)CC(O)CCCCCCCCCCCC. The third kappa shape index (κ3) is 26.5. The molecule has 2 atom stereocenters. The van der Waals surface area contributed by atoms with Crippen molar-refractivity contribution < 1.29 is 38.7 Å². The van der Waals surface area contributed by atoms with Gasteiger partial charge in [0, 0.05) is 13.0 Å². The zero-order chi connectivity index (χ0) is 41.2. The molecule has 0 saturated heterocycles. The highest BCUT2D eigenvalue weighted by atomic mass is 16.6. The zero-order valence-electron chi connectivity index (χ0n) is 36.9. The summed E-state index contributed by atoms with van der Waals surface area (Å²) in [6.45, 7) is 5.59. The lowest BCUT2D eigenvalue weighted by Crippen LogP contribution is -2.20. The second-order valence-electron chi connectivity index (χ2n) is 16.5. The molecular weight excluding hydrogens is 707 g/mol. The van der Waals surface area contributed by atoms with Crippen molar-refractivity contribution in [2.75, 3.05) is 41.5 Å². The van der Waals surface area contributed by atoms with E-state index in [1.165, 1.54) is 129 Å². The third-order valence-electron chi connectivity index (χ3n) is 10.9. The van der Waals surface area contributed by atoms with E-state index in [1.807, 2.05) is 19.0 Å². The predicted octanol–water partition coefficient (Wildman–Crippen LogP) is 11.6. The predicted molar refractivity (Wildman–Crippen MR) is 230 cm³/mol. The van der Waals surface area contributed by atoms with Crippen molar-refractivity contribution >= 4 is 11.9 Å². The fourth-order valence-corrected chi connectivity index (χ4v) is 7.50. The lowest BCUT2D eigenvalue weighted by Gasteiger charge is -2.23. The van der Waals surface area contributed by atoms with Crippen molar-refractivity contribution in [2.24, 2.45) is 5.92 Å². The number of hydrogen-bond donors (Lipinski definition) is 2. The van der Waals surface area contributed by atoms with Crippen molar-refractivity contribution in [3.63, 3.8) is 0 Å². The van der Waals surface area contributed by atoms with Gasteiger partial charge >= 0.3 is 11.9 Å². The van der Waals surface area contributed by atoms with Crippen LogP contribution in [-0.2, 0) is 9.53 Å². The number of aliphatic hydroxyl groups is 2. The standard InChI is InChI=1S/C47H85NO8/c1-7-9-11-13-15-17-19-21-23-25-30-41(49)35-39(36-42(50)31-26-24-22-20-18-16-14-12-10-8-2)29-27-32-45(51)56-46-43(53-5)37-40(38-44(46)54-6)47(52)55-34-28-33-48(3)4/h37-39,41-42,49-50H,7-36H2,1-6H3. The minimum atomic E-state index is -0.505. The lowest BCUT2D eigenvalue weighted by molar-refractivity contribution is -0.134. The molecule has 0 amide bonds. The Hall–Kier alpha value is -2.36. The molecular formula is C47H85NO8. The highest BCUT2D eigenvalue weighted by Gasteiger charge is 2.23. The molecule has 2 unspecified atom stereocenters. The average molecular weight is 792 g/mol. The molecule has 0 bridgehead atoms. The average Bonchev–Trinajstić information content (AvgIpc) is 3.17. The van der Waals surface area contributed by atoms with E-state index in [1.54, 1.807) is 0 Å². The summed E-state index contributed by atoms with van der Waals surface area (Å²) >= 11 is 0. The Morgan fingerprint density at radius 1 is 0.607 bits per heavy atom. The number of methoxy groups -OCH3 is 2. The molecule has 1 aromatic rings. The number of rotatable bonds is 38. The minimum Gasteiger partial charge on any atom is -0.493 e. The number of aliphatic hydroxyl groups excluding tert-OH is 2. The van der Waals surface area contributed by atoms with Gasteiger partial charge in [0.2, 0.25) is 5.75 Å². The van der Waals surface area contributed by atoms with Crippen molar-refractivity contribution in [3.8, 4) is 17.2 Å². The minimum absolute atomic E-state index is 0.117. The fourth-order valence-electron chi connectivity index (χ4n) is 7.50. The van der Waals surface area contributed by atoms with Crippen LogP contribution < -0.4 is 14.2 Å². The van der Waals surface area contributed by atoms with Gasteiger partial charge in [-0.1, -0.05) is 142 Å². The molecule has 2 N–H and O–H groups in total. The Balaban J connectivity index is 2.69. The summed E-state index contributed by atoms with van der Waals surface area (Å²) in [7, 11) is 6.83. The van der Waals surface area contributed by atoms with Gasteiger partial charge < -0.3 is 34.1 Å². The van der Waals surface area contributed by atoms with Crippen molar-refractivity contribution in [1.82, 2.24) is 4.90 Å². The molecule has 0 spiro atoms. The highest BCUT2D eigenvalue weighted by molar-refractivity contribution is 5.91. The van der Waals surface area contributed by atoms with Crippen LogP contribution in [0.4, 0.5) is 0 Å². The maximum atomic E-state index is 13.1. The summed E-state index contributed by atoms with van der Waals surface area (Å²) in [5.41, 5.74) is 0.249. The molecule has 1 aromatic carbocycles. The van der Waals surface area contributed by atoms with Crippen molar-refractivity contribution in [2.45, 2.75) is 206 Å². The van der Waals surface area contributed by atoms with Crippen LogP contribution >= 0.6 is 0 Å². The first-order chi connectivity index (χ1) is 27.1. The normalized spacial score (nSPS) is 13.1. The van der Waals surface area contributed by atoms with E-state index in [0.717, 1.165) is 45.1 Å². The quantitative estimate of drug-likeness (QED) is 0.0384. The van der Waals surface area contributed by atoms with Gasteiger partial charge in [0.15, 0.2) is 11.5 Å². The topological polar surface area (TPSA) is 115 Å². The summed E-state index contributed by atoms with van der Waals surface area (Å²) in [5.74, 6) is -0.279. The first-order valence-corrected chi connectivity index (χ1v) is 22.8. The van der Waals surface area contributed by atoms with Crippen LogP contribution in [0.2, 0.25) is 0 Å². The second kappa shape index (κ2) is 34.7. The number of carbonyl (C=O) groups excluding carboxylic acids is 2. The van der Waals surface area contributed by atoms with E-state index < -0.39 is 24.1 Å².